The summed E-state index contributed by atoms with van der Waals surface area (Å²) >= 11 is 0. The summed E-state index contributed by atoms with van der Waals surface area (Å²) in [6.45, 7) is -0.133. The molecule has 0 spiro atoms. The van der Waals surface area contributed by atoms with Gasteiger partial charge in [0.25, 0.3) is 5.91 Å². The second-order valence-electron chi connectivity index (χ2n) is 4.81. The Bertz CT molecular complexity index is 681. The van der Waals surface area contributed by atoms with Crippen molar-refractivity contribution in [3.05, 3.63) is 70.8 Å². The van der Waals surface area contributed by atoms with Gasteiger partial charge in [-0.1, -0.05) is 30.3 Å². The molecular weight excluding hydrogens is 314 g/mol. The number of aliphatic hydroxyl groups is 1. The molecular formula is C16H13F4NO2. The number of hydrogen-bond acceptors (Lipinski definition) is 2. The molecule has 0 aliphatic rings. The maximum atomic E-state index is 13.5. The Labute approximate surface area is 129 Å². The van der Waals surface area contributed by atoms with Crippen LogP contribution < -0.4 is 5.32 Å². The lowest BCUT2D eigenvalue weighted by molar-refractivity contribution is 0.0931. The number of amides is 1. The van der Waals surface area contributed by atoms with Crippen LogP contribution in [0.5, 0.6) is 0 Å². The maximum Gasteiger partial charge on any atom is 0.257 e. The van der Waals surface area contributed by atoms with Crippen LogP contribution in [0.25, 0.3) is 0 Å². The highest BCUT2D eigenvalue weighted by molar-refractivity contribution is 5.94. The molecule has 1 amide bonds. The number of carbonyl (C=O) groups is 1. The molecule has 1 unspecified atom stereocenters. The summed E-state index contributed by atoms with van der Waals surface area (Å²) < 4.78 is 53.0. The second-order valence-corrected chi connectivity index (χ2v) is 4.81. The molecule has 2 rings (SSSR count). The van der Waals surface area contributed by atoms with Gasteiger partial charge in [0.1, 0.15) is 5.56 Å². The van der Waals surface area contributed by atoms with Crippen molar-refractivity contribution >= 4 is 5.91 Å². The molecule has 2 aromatic carbocycles. The first-order valence-electron chi connectivity index (χ1n) is 6.76. The Hall–Kier alpha value is -2.41. The Balaban J connectivity index is 2.01. The summed E-state index contributed by atoms with van der Waals surface area (Å²) in [5.74, 6) is -8.12. The van der Waals surface area contributed by atoms with Crippen molar-refractivity contribution in [2.45, 2.75) is 12.5 Å². The normalized spacial score (nSPS) is 12.0. The summed E-state index contributed by atoms with van der Waals surface area (Å²) in [6.07, 6.45) is -0.827. The molecule has 1 atom stereocenters. The third-order valence-electron chi connectivity index (χ3n) is 3.23. The van der Waals surface area contributed by atoms with Crippen LogP contribution in [0.4, 0.5) is 17.6 Å². The largest absolute Gasteiger partial charge is 0.388 e. The first-order valence-corrected chi connectivity index (χ1v) is 6.76. The van der Waals surface area contributed by atoms with E-state index in [4.69, 9.17) is 0 Å². The first-order chi connectivity index (χ1) is 10.9. The van der Waals surface area contributed by atoms with Gasteiger partial charge in [0.15, 0.2) is 23.3 Å². The summed E-state index contributed by atoms with van der Waals surface area (Å²) in [5, 5.41) is 12.0. The van der Waals surface area contributed by atoms with Gasteiger partial charge in [-0.2, -0.15) is 0 Å². The van der Waals surface area contributed by atoms with Crippen LogP contribution in [-0.4, -0.2) is 17.6 Å². The number of rotatable bonds is 5. The summed E-state index contributed by atoms with van der Waals surface area (Å²) in [7, 11) is 0. The molecule has 0 aromatic heterocycles. The van der Waals surface area contributed by atoms with Gasteiger partial charge in [-0.3, -0.25) is 4.79 Å². The monoisotopic (exact) mass is 327 g/mol. The van der Waals surface area contributed by atoms with Crippen LogP contribution in [0.1, 0.15) is 28.4 Å². The van der Waals surface area contributed by atoms with Crippen molar-refractivity contribution in [1.82, 2.24) is 5.32 Å². The number of hydrogen-bond donors (Lipinski definition) is 2. The van der Waals surface area contributed by atoms with E-state index in [1.165, 1.54) is 0 Å². The fourth-order valence-electron chi connectivity index (χ4n) is 2.03. The highest BCUT2D eigenvalue weighted by atomic mass is 19.2. The molecule has 2 N–H and O–H groups in total. The minimum Gasteiger partial charge on any atom is -0.388 e. The molecule has 0 radical (unpaired) electrons. The van der Waals surface area contributed by atoms with Gasteiger partial charge < -0.3 is 10.4 Å². The summed E-state index contributed by atoms with van der Waals surface area (Å²) in [5.41, 5.74) is -0.715. The van der Waals surface area contributed by atoms with E-state index in [9.17, 15) is 27.5 Å². The van der Waals surface area contributed by atoms with Crippen LogP contribution in [0.3, 0.4) is 0 Å². The molecule has 0 heterocycles. The molecule has 0 fully saturated rings. The van der Waals surface area contributed by atoms with E-state index in [0.29, 0.717) is 5.56 Å². The van der Waals surface area contributed by atoms with E-state index in [1.807, 2.05) is 0 Å². The zero-order valence-corrected chi connectivity index (χ0v) is 11.8. The minimum atomic E-state index is -1.76. The molecule has 122 valence electrons. The highest BCUT2D eigenvalue weighted by Crippen LogP contribution is 2.19. The quantitative estimate of drug-likeness (QED) is 0.655. The summed E-state index contributed by atoms with van der Waals surface area (Å²) in [6, 6.07) is 8.58. The average molecular weight is 327 g/mol. The maximum absolute atomic E-state index is 13.5. The van der Waals surface area contributed by atoms with E-state index in [-0.39, 0.29) is 19.0 Å². The van der Waals surface area contributed by atoms with Crippen LogP contribution in [0.2, 0.25) is 0 Å². The molecule has 0 saturated heterocycles. The highest BCUT2D eigenvalue weighted by Gasteiger charge is 2.24. The van der Waals surface area contributed by atoms with Gasteiger partial charge >= 0.3 is 0 Å². The molecule has 0 saturated carbocycles. The van der Waals surface area contributed by atoms with Crippen LogP contribution in [0, 0.1) is 23.3 Å². The lowest BCUT2D eigenvalue weighted by atomic mass is 10.1. The number of halogens is 4. The van der Waals surface area contributed by atoms with Gasteiger partial charge in [0, 0.05) is 12.6 Å². The molecule has 0 aliphatic heterocycles. The van der Waals surface area contributed by atoms with Crippen molar-refractivity contribution < 1.29 is 27.5 Å². The van der Waals surface area contributed by atoms with Gasteiger partial charge in [-0.05, 0) is 12.0 Å². The zero-order chi connectivity index (χ0) is 17.0. The standard InChI is InChI=1S/C16H13F4NO2/c17-10-8-11(18)15(20)13(14(10)19)16(23)21-7-6-12(22)9-4-2-1-3-5-9/h1-5,8,12,22H,6-7H2,(H,21,23). The molecule has 2 aromatic rings. The summed E-state index contributed by atoms with van der Waals surface area (Å²) in [4.78, 5) is 11.7. The first kappa shape index (κ1) is 17.0. The number of carbonyl (C=O) groups excluding carboxylic acids is 1. The Morgan fingerprint density at radius 1 is 1.04 bits per heavy atom. The van der Waals surface area contributed by atoms with Crippen LogP contribution in [-0.2, 0) is 0 Å². The molecule has 3 nitrogen and oxygen atoms in total. The zero-order valence-electron chi connectivity index (χ0n) is 11.8. The van der Waals surface area contributed by atoms with Gasteiger partial charge in [-0.25, -0.2) is 17.6 Å². The Kier molecular flexibility index (Phi) is 5.33. The molecule has 7 heteroatoms. The third kappa shape index (κ3) is 3.87. The van der Waals surface area contributed by atoms with Crippen LogP contribution in [0.15, 0.2) is 36.4 Å². The lowest BCUT2D eigenvalue weighted by Crippen LogP contribution is -2.28. The van der Waals surface area contributed by atoms with Crippen LogP contribution >= 0.6 is 0 Å². The Morgan fingerprint density at radius 3 is 2.17 bits per heavy atom. The number of aliphatic hydroxyl groups excluding tert-OH is 1. The SMILES string of the molecule is O=C(NCCC(O)c1ccccc1)c1c(F)c(F)cc(F)c1F. The minimum absolute atomic E-state index is 0.0284. The third-order valence-corrected chi connectivity index (χ3v) is 3.23. The topological polar surface area (TPSA) is 49.3 Å². The number of nitrogens with one attached hydrogen (secondary N) is 1. The van der Waals surface area contributed by atoms with Gasteiger partial charge in [0.2, 0.25) is 0 Å². The van der Waals surface area contributed by atoms with E-state index in [2.05, 4.69) is 5.32 Å². The predicted octanol–water partition coefficient (Wildman–Crippen LogP) is 3.10. The van der Waals surface area contributed by atoms with Crippen molar-refractivity contribution in [3.63, 3.8) is 0 Å². The van der Waals surface area contributed by atoms with Crippen molar-refractivity contribution in [2.24, 2.45) is 0 Å². The predicted molar refractivity (Wildman–Crippen MR) is 74.6 cm³/mol. The van der Waals surface area contributed by atoms with Gasteiger partial charge in [-0.15, -0.1) is 0 Å². The smallest absolute Gasteiger partial charge is 0.257 e. The van der Waals surface area contributed by atoms with Crippen molar-refractivity contribution in [2.75, 3.05) is 6.54 Å². The fraction of sp³-hybridized carbons (Fsp3) is 0.188. The van der Waals surface area contributed by atoms with Crippen molar-refractivity contribution in [3.8, 4) is 0 Å². The van der Waals surface area contributed by atoms with Gasteiger partial charge in [0.05, 0.1) is 6.10 Å². The fourth-order valence-corrected chi connectivity index (χ4v) is 2.03. The van der Waals surface area contributed by atoms with E-state index < -0.39 is 40.8 Å². The Morgan fingerprint density at radius 2 is 1.61 bits per heavy atom. The second kappa shape index (κ2) is 7.23. The average Bonchev–Trinajstić information content (AvgIpc) is 2.54. The van der Waals surface area contributed by atoms with E-state index in [1.54, 1.807) is 30.3 Å². The van der Waals surface area contributed by atoms with E-state index >= 15 is 0 Å². The molecule has 23 heavy (non-hydrogen) atoms. The van der Waals surface area contributed by atoms with Crippen molar-refractivity contribution in [1.29, 1.82) is 0 Å². The van der Waals surface area contributed by atoms with E-state index in [0.717, 1.165) is 0 Å². The number of benzene rings is 2. The lowest BCUT2D eigenvalue weighted by Gasteiger charge is -2.12. The molecule has 0 bridgehead atoms. The molecule has 0 aliphatic carbocycles.